The molecule has 1 amide bonds. The summed E-state index contributed by atoms with van der Waals surface area (Å²) in [5.74, 6) is 1.18. The van der Waals surface area contributed by atoms with Gasteiger partial charge in [0.15, 0.2) is 5.96 Å². The highest BCUT2D eigenvalue weighted by Gasteiger charge is 2.25. The molecule has 146 valence electrons. The summed E-state index contributed by atoms with van der Waals surface area (Å²) in [5, 5.41) is 9.70. The summed E-state index contributed by atoms with van der Waals surface area (Å²) < 4.78 is 0. The topological polar surface area (TPSA) is 65.5 Å². The number of unbranched alkanes of at least 4 members (excludes halogenated alkanes) is 3. The van der Waals surface area contributed by atoms with Crippen molar-refractivity contribution in [2.45, 2.75) is 58.4 Å². The molecule has 0 heterocycles. The fourth-order valence-corrected chi connectivity index (χ4v) is 2.84. The second-order valence-corrected chi connectivity index (χ2v) is 6.73. The maximum absolute atomic E-state index is 12.1. The summed E-state index contributed by atoms with van der Waals surface area (Å²) in [4.78, 5) is 16.3. The van der Waals surface area contributed by atoms with Crippen molar-refractivity contribution in [3.05, 3.63) is 29.8 Å². The number of hydrogen-bond acceptors (Lipinski definition) is 2. The molecule has 0 atom stereocenters. The van der Waals surface area contributed by atoms with Crippen molar-refractivity contribution < 1.29 is 4.79 Å². The zero-order valence-electron chi connectivity index (χ0n) is 16.0. The molecule has 0 radical (unpaired) electrons. The predicted molar refractivity (Wildman–Crippen MR) is 120 cm³/mol. The van der Waals surface area contributed by atoms with Gasteiger partial charge >= 0.3 is 0 Å². The molecular weight excluding hydrogens is 439 g/mol. The van der Waals surface area contributed by atoms with Crippen molar-refractivity contribution in [3.8, 4) is 0 Å². The highest BCUT2D eigenvalue weighted by Crippen LogP contribution is 2.27. The first kappa shape index (κ1) is 22.7. The average molecular weight is 472 g/mol. The molecule has 1 aliphatic rings. The Hall–Kier alpha value is -1.31. The van der Waals surface area contributed by atoms with Crippen molar-refractivity contribution in [1.82, 2.24) is 10.6 Å². The molecule has 0 aromatic heterocycles. The van der Waals surface area contributed by atoms with Crippen molar-refractivity contribution in [2.24, 2.45) is 10.9 Å². The molecule has 2 rings (SSSR count). The Labute approximate surface area is 174 Å². The molecule has 1 fully saturated rings. The van der Waals surface area contributed by atoms with Crippen molar-refractivity contribution in [2.75, 3.05) is 18.9 Å². The number of anilines is 1. The lowest BCUT2D eigenvalue weighted by atomic mass is 9.85. The van der Waals surface area contributed by atoms with Gasteiger partial charge < -0.3 is 16.0 Å². The quantitative estimate of drug-likeness (QED) is 0.218. The zero-order valence-corrected chi connectivity index (χ0v) is 18.3. The van der Waals surface area contributed by atoms with Gasteiger partial charge in [-0.05, 0) is 37.0 Å². The number of halogens is 1. The Morgan fingerprint density at radius 2 is 2.00 bits per heavy atom. The lowest BCUT2D eigenvalue weighted by molar-refractivity contribution is -0.122. The molecule has 0 aliphatic heterocycles. The minimum atomic E-state index is 0. The summed E-state index contributed by atoms with van der Waals surface area (Å²) in [6, 6.07) is 8.01. The standard InChI is InChI=1S/C20H32N4O.HI/c1-3-4-5-6-13-22-20(21-2)23-15-16-9-7-12-18(14-16)24-19(25)17-10-8-11-17;/h7,9,12,14,17H,3-6,8,10-11,13,15H2,1-2H3,(H,24,25)(H2,21,22,23);1H. The van der Waals surface area contributed by atoms with Crippen LogP contribution in [0.15, 0.2) is 29.3 Å². The molecule has 6 heteroatoms. The molecule has 1 aromatic rings. The molecule has 26 heavy (non-hydrogen) atoms. The summed E-state index contributed by atoms with van der Waals surface area (Å²) in [7, 11) is 1.79. The van der Waals surface area contributed by atoms with Gasteiger partial charge in [0.05, 0.1) is 0 Å². The lowest BCUT2D eigenvalue weighted by Gasteiger charge is -2.24. The number of carbonyl (C=O) groups is 1. The minimum Gasteiger partial charge on any atom is -0.356 e. The van der Waals surface area contributed by atoms with Crippen LogP contribution in [0.1, 0.15) is 57.4 Å². The van der Waals surface area contributed by atoms with Gasteiger partial charge in [0.1, 0.15) is 0 Å². The van der Waals surface area contributed by atoms with Gasteiger partial charge in [-0.2, -0.15) is 0 Å². The van der Waals surface area contributed by atoms with Crippen LogP contribution in [0.4, 0.5) is 5.69 Å². The normalized spacial score (nSPS) is 14.2. The summed E-state index contributed by atoms with van der Waals surface area (Å²) in [6.45, 7) is 3.84. The maximum atomic E-state index is 12.1. The molecule has 0 bridgehead atoms. The van der Waals surface area contributed by atoms with E-state index in [1.807, 2.05) is 18.2 Å². The van der Waals surface area contributed by atoms with E-state index < -0.39 is 0 Å². The lowest BCUT2D eigenvalue weighted by Crippen LogP contribution is -2.37. The van der Waals surface area contributed by atoms with E-state index in [1.165, 1.54) is 25.7 Å². The Morgan fingerprint density at radius 1 is 1.19 bits per heavy atom. The van der Waals surface area contributed by atoms with Gasteiger partial charge in [-0.1, -0.05) is 44.7 Å². The van der Waals surface area contributed by atoms with Crippen LogP contribution in [0.3, 0.4) is 0 Å². The number of nitrogens with zero attached hydrogens (tertiary/aromatic N) is 1. The second kappa shape index (κ2) is 12.9. The van der Waals surface area contributed by atoms with Gasteiger partial charge in [-0.25, -0.2) is 0 Å². The van der Waals surface area contributed by atoms with Crippen LogP contribution in [0, 0.1) is 5.92 Å². The zero-order chi connectivity index (χ0) is 17.9. The van der Waals surface area contributed by atoms with Crippen LogP contribution in [0.25, 0.3) is 0 Å². The van der Waals surface area contributed by atoms with E-state index in [-0.39, 0.29) is 35.8 Å². The number of benzene rings is 1. The van der Waals surface area contributed by atoms with E-state index in [4.69, 9.17) is 0 Å². The fraction of sp³-hybridized carbons (Fsp3) is 0.600. The number of carbonyl (C=O) groups excluding carboxylic acids is 1. The van der Waals surface area contributed by atoms with Crippen LogP contribution in [-0.2, 0) is 11.3 Å². The first-order chi connectivity index (χ1) is 12.2. The third kappa shape index (κ3) is 7.93. The van der Waals surface area contributed by atoms with E-state index in [2.05, 4.69) is 33.9 Å². The number of hydrogen-bond donors (Lipinski definition) is 3. The smallest absolute Gasteiger partial charge is 0.227 e. The van der Waals surface area contributed by atoms with E-state index in [0.29, 0.717) is 6.54 Å². The number of guanidine groups is 1. The fourth-order valence-electron chi connectivity index (χ4n) is 2.84. The second-order valence-electron chi connectivity index (χ2n) is 6.73. The SMILES string of the molecule is CCCCCCNC(=NC)NCc1cccc(NC(=O)C2CCC2)c1.I. The molecule has 1 saturated carbocycles. The van der Waals surface area contributed by atoms with Gasteiger partial charge in [-0.3, -0.25) is 9.79 Å². The minimum absolute atomic E-state index is 0. The van der Waals surface area contributed by atoms with Crippen molar-refractivity contribution in [1.29, 1.82) is 0 Å². The molecule has 0 saturated heterocycles. The van der Waals surface area contributed by atoms with Crippen LogP contribution < -0.4 is 16.0 Å². The molecule has 0 spiro atoms. The number of rotatable bonds is 9. The molecular formula is C20H33IN4O. The summed E-state index contributed by atoms with van der Waals surface area (Å²) >= 11 is 0. The van der Waals surface area contributed by atoms with Gasteiger partial charge in [-0.15, -0.1) is 24.0 Å². The number of aliphatic imine (C=N–C) groups is 1. The van der Waals surface area contributed by atoms with Gasteiger partial charge in [0.2, 0.25) is 5.91 Å². The van der Waals surface area contributed by atoms with Gasteiger partial charge in [0, 0.05) is 31.7 Å². The first-order valence-electron chi connectivity index (χ1n) is 9.57. The van der Waals surface area contributed by atoms with E-state index in [1.54, 1.807) is 7.05 Å². The summed E-state index contributed by atoms with van der Waals surface area (Å²) in [6.07, 6.45) is 8.17. The first-order valence-corrected chi connectivity index (χ1v) is 9.57. The average Bonchev–Trinajstić information content (AvgIpc) is 2.56. The van der Waals surface area contributed by atoms with Gasteiger partial charge in [0.25, 0.3) is 0 Å². The highest BCUT2D eigenvalue weighted by molar-refractivity contribution is 14.0. The van der Waals surface area contributed by atoms with Crippen LogP contribution in [0.2, 0.25) is 0 Å². The maximum Gasteiger partial charge on any atom is 0.227 e. The molecule has 0 unspecified atom stereocenters. The van der Waals surface area contributed by atoms with E-state index in [0.717, 1.165) is 43.0 Å². The Kier molecular flexibility index (Phi) is 11.3. The third-order valence-electron chi connectivity index (χ3n) is 4.68. The van der Waals surface area contributed by atoms with E-state index >= 15 is 0 Å². The van der Waals surface area contributed by atoms with Crippen molar-refractivity contribution >= 4 is 41.5 Å². The highest BCUT2D eigenvalue weighted by atomic mass is 127. The van der Waals surface area contributed by atoms with Crippen molar-refractivity contribution in [3.63, 3.8) is 0 Å². The Balaban J connectivity index is 0.00000338. The Morgan fingerprint density at radius 3 is 2.65 bits per heavy atom. The number of amides is 1. The van der Waals surface area contributed by atoms with Crippen LogP contribution in [0.5, 0.6) is 0 Å². The third-order valence-corrected chi connectivity index (χ3v) is 4.68. The molecule has 5 nitrogen and oxygen atoms in total. The largest absolute Gasteiger partial charge is 0.356 e. The van der Waals surface area contributed by atoms with Crippen LogP contribution in [-0.4, -0.2) is 25.5 Å². The predicted octanol–water partition coefficient (Wildman–Crippen LogP) is 4.29. The monoisotopic (exact) mass is 472 g/mol. The molecule has 1 aromatic carbocycles. The summed E-state index contributed by atoms with van der Waals surface area (Å²) in [5.41, 5.74) is 2.00. The molecule has 1 aliphatic carbocycles. The number of nitrogens with one attached hydrogen (secondary N) is 3. The Bertz CT molecular complexity index is 573. The van der Waals surface area contributed by atoms with E-state index in [9.17, 15) is 4.79 Å². The van der Waals surface area contributed by atoms with Crippen LogP contribution >= 0.6 is 24.0 Å². The molecule has 3 N–H and O–H groups in total.